The fraction of sp³-hybridized carbons (Fsp3) is 0.429. The fourth-order valence-corrected chi connectivity index (χ4v) is 2.16. The van der Waals surface area contributed by atoms with Gasteiger partial charge in [0.1, 0.15) is 6.04 Å². The van der Waals surface area contributed by atoms with E-state index in [0.717, 1.165) is 16.7 Å². The molecule has 1 rings (SSSR count). The molecule has 0 aliphatic carbocycles. The van der Waals surface area contributed by atoms with Gasteiger partial charge in [0.2, 0.25) is 0 Å². The molecule has 1 aromatic carbocycles. The number of amides is 1. The number of aliphatic carboxylic acids is 1. The summed E-state index contributed by atoms with van der Waals surface area (Å²) in [5, 5.41) is 20.2. The Hall–Kier alpha value is -1.88. The number of benzene rings is 1. The van der Waals surface area contributed by atoms with E-state index in [1.165, 1.54) is 0 Å². The number of nitrogens with one attached hydrogen (secondary N) is 1. The Balaban J connectivity index is 2.98. The van der Waals surface area contributed by atoms with Gasteiger partial charge in [-0.25, -0.2) is 4.79 Å². The van der Waals surface area contributed by atoms with Crippen molar-refractivity contribution in [3.05, 3.63) is 34.4 Å². The highest BCUT2D eigenvalue weighted by Crippen LogP contribution is 2.16. The summed E-state index contributed by atoms with van der Waals surface area (Å²) in [6, 6.07) is 2.69. The summed E-state index contributed by atoms with van der Waals surface area (Å²) in [5.41, 5.74) is 3.16. The first-order valence-corrected chi connectivity index (χ1v) is 6.09. The van der Waals surface area contributed by atoms with Gasteiger partial charge in [0.25, 0.3) is 5.91 Å². The van der Waals surface area contributed by atoms with Crippen molar-refractivity contribution in [1.82, 2.24) is 5.32 Å². The number of aryl methyl sites for hydroxylation is 3. The number of aliphatic hydroxyl groups is 1. The molecule has 0 heterocycles. The number of aliphatic hydroxyl groups excluding tert-OH is 1. The first-order chi connectivity index (χ1) is 8.86. The van der Waals surface area contributed by atoms with E-state index >= 15 is 0 Å². The Morgan fingerprint density at radius 1 is 1.21 bits per heavy atom. The second-order valence-corrected chi connectivity index (χ2v) is 4.65. The van der Waals surface area contributed by atoms with Gasteiger partial charge in [0.05, 0.1) is 0 Å². The molecule has 0 aromatic heterocycles. The molecule has 0 saturated heterocycles. The van der Waals surface area contributed by atoms with Crippen LogP contribution < -0.4 is 5.32 Å². The van der Waals surface area contributed by atoms with Crippen LogP contribution in [0, 0.1) is 20.8 Å². The predicted octanol–water partition coefficient (Wildman–Crippen LogP) is 1.18. The number of rotatable bonds is 5. The molecule has 104 valence electrons. The van der Waals surface area contributed by atoms with Gasteiger partial charge in [-0.15, -0.1) is 0 Å². The molecule has 5 heteroatoms. The van der Waals surface area contributed by atoms with Gasteiger partial charge in [-0.05, 0) is 31.9 Å². The number of carbonyl (C=O) groups excluding carboxylic acids is 1. The number of carboxylic acids is 1. The maximum atomic E-state index is 12.1. The minimum Gasteiger partial charge on any atom is -0.480 e. The molecule has 0 radical (unpaired) electrons. The van der Waals surface area contributed by atoms with Crippen molar-refractivity contribution in [2.75, 3.05) is 6.61 Å². The smallest absolute Gasteiger partial charge is 0.326 e. The third-order valence-corrected chi connectivity index (χ3v) is 2.93. The van der Waals surface area contributed by atoms with Crippen LogP contribution in [0.25, 0.3) is 0 Å². The van der Waals surface area contributed by atoms with Crippen LogP contribution in [0.3, 0.4) is 0 Å². The van der Waals surface area contributed by atoms with Crippen LogP contribution in [0.4, 0.5) is 0 Å². The highest BCUT2D eigenvalue weighted by Gasteiger charge is 2.21. The van der Waals surface area contributed by atoms with Crippen molar-refractivity contribution in [2.24, 2.45) is 0 Å². The van der Waals surface area contributed by atoms with Gasteiger partial charge in [0.15, 0.2) is 0 Å². The summed E-state index contributed by atoms with van der Waals surface area (Å²) in [6.45, 7) is 5.28. The van der Waals surface area contributed by atoms with E-state index < -0.39 is 17.9 Å². The Morgan fingerprint density at radius 3 is 2.16 bits per heavy atom. The normalized spacial score (nSPS) is 12.0. The van der Waals surface area contributed by atoms with Crippen LogP contribution in [-0.4, -0.2) is 34.7 Å². The van der Waals surface area contributed by atoms with Crippen molar-refractivity contribution in [2.45, 2.75) is 33.2 Å². The molecule has 0 aliphatic heterocycles. The van der Waals surface area contributed by atoms with Crippen LogP contribution in [-0.2, 0) is 4.79 Å². The molecular formula is C14H19NO4. The Morgan fingerprint density at radius 2 is 1.74 bits per heavy atom. The van der Waals surface area contributed by atoms with Crippen molar-refractivity contribution < 1.29 is 19.8 Å². The average molecular weight is 265 g/mol. The molecule has 1 atom stereocenters. The van der Waals surface area contributed by atoms with Crippen LogP contribution in [0.2, 0.25) is 0 Å². The molecule has 1 amide bonds. The lowest BCUT2D eigenvalue weighted by Crippen LogP contribution is -2.41. The number of hydrogen-bond donors (Lipinski definition) is 3. The number of carboxylic acid groups (broad SMARTS) is 1. The van der Waals surface area contributed by atoms with Crippen LogP contribution >= 0.6 is 0 Å². The summed E-state index contributed by atoms with van der Waals surface area (Å²) in [5.74, 6) is -1.57. The van der Waals surface area contributed by atoms with Crippen LogP contribution in [0.15, 0.2) is 12.1 Å². The van der Waals surface area contributed by atoms with E-state index in [0.29, 0.717) is 5.56 Å². The van der Waals surface area contributed by atoms with Gasteiger partial charge >= 0.3 is 5.97 Å². The fourth-order valence-electron chi connectivity index (χ4n) is 2.16. The largest absolute Gasteiger partial charge is 0.480 e. The highest BCUT2D eigenvalue weighted by atomic mass is 16.4. The molecule has 0 aliphatic rings. The number of hydrogen-bond acceptors (Lipinski definition) is 3. The second-order valence-electron chi connectivity index (χ2n) is 4.65. The molecule has 3 N–H and O–H groups in total. The van der Waals surface area contributed by atoms with E-state index in [4.69, 9.17) is 10.2 Å². The van der Waals surface area contributed by atoms with E-state index in [2.05, 4.69) is 5.32 Å². The molecule has 0 fully saturated rings. The van der Waals surface area contributed by atoms with Gasteiger partial charge in [0, 0.05) is 18.6 Å². The van der Waals surface area contributed by atoms with E-state index in [9.17, 15) is 9.59 Å². The average Bonchev–Trinajstić information content (AvgIpc) is 2.26. The predicted molar refractivity (Wildman–Crippen MR) is 71.2 cm³/mol. The lowest BCUT2D eigenvalue weighted by atomic mass is 9.99. The zero-order valence-electron chi connectivity index (χ0n) is 11.4. The third-order valence-electron chi connectivity index (χ3n) is 2.93. The summed E-state index contributed by atoms with van der Waals surface area (Å²) >= 11 is 0. The first-order valence-electron chi connectivity index (χ1n) is 6.09. The Labute approximate surface area is 112 Å². The van der Waals surface area contributed by atoms with Crippen LogP contribution in [0.1, 0.15) is 33.5 Å². The van der Waals surface area contributed by atoms with Crippen molar-refractivity contribution in [3.63, 3.8) is 0 Å². The quantitative estimate of drug-likeness (QED) is 0.746. The van der Waals surface area contributed by atoms with E-state index in [1.807, 2.05) is 32.9 Å². The lowest BCUT2D eigenvalue weighted by molar-refractivity contribution is -0.139. The van der Waals surface area contributed by atoms with Crippen molar-refractivity contribution in [1.29, 1.82) is 0 Å². The number of carbonyl (C=O) groups is 2. The third kappa shape index (κ3) is 3.79. The minimum absolute atomic E-state index is 0.00890. The van der Waals surface area contributed by atoms with Gasteiger partial charge < -0.3 is 15.5 Å². The molecule has 19 heavy (non-hydrogen) atoms. The first kappa shape index (κ1) is 15.2. The monoisotopic (exact) mass is 265 g/mol. The maximum absolute atomic E-state index is 12.1. The van der Waals surface area contributed by atoms with Gasteiger partial charge in [-0.2, -0.15) is 0 Å². The Kier molecular flexibility index (Phi) is 5.06. The van der Waals surface area contributed by atoms with E-state index in [1.54, 1.807) is 0 Å². The molecule has 5 nitrogen and oxygen atoms in total. The maximum Gasteiger partial charge on any atom is 0.326 e. The van der Waals surface area contributed by atoms with E-state index in [-0.39, 0.29) is 13.0 Å². The van der Waals surface area contributed by atoms with Crippen LogP contribution in [0.5, 0.6) is 0 Å². The van der Waals surface area contributed by atoms with Gasteiger partial charge in [-0.1, -0.05) is 17.7 Å². The zero-order chi connectivity index (χ0) is 14.6. The minimum atomic E-state index is -1.15. The molecule has 1 unspecified atom stereocenters. The highest BCUT2D eigenvalue weighted by molar-refractivity contribution is 5.99. The Bertz CT molecular complexity index is 473. The molecule has 0 bridgehead atoms. The van der Waals surface area contributed by atoms with Gasteiger partial charge in [-0.3, -0.25) is 4.79 Å². The summed E-state index contributed by atoms with van der Waals surface area (Å²) in [6.07, 6.45) is -0.00890. The van der Waals surface area contributed by atoms with Crippen molar-refractivity contribution >= 4 is 11.9 Å². The molecule has 0 saturated carbocycles. The standard InChI is InChI=1S/C14H19NO4/c1-8-6-9(2)12(10(3)7-8)13(17)15-11(4-5-16)14(18)19/h6-7,11,16H,4-5H2,1-3H3,(H,15,17)(H,18,19). The molecular weight excluding hydrogens is 246 g/mol. The van der Waals surface area contributed by atoms with Crippen molar-refractivity contribution in [3.8, 4) is 0 Å². The summed E-state index contributed by atoms with van der Waals surface area (Å²) in [7, 11) is 0. The SMILES string of the molecule is Cc1cc(C)c(C(=O)NC(CCO)C(=O)O)c(C)c1. The topological polar surface area (TPSA) is 86.6 Å². The second kappa shape index (κ2) is 6.33. The molecule has 0 spiro atoms. The zero-order valence-corrected chi connectivity index (χ0v) is 11.4. The summed E-state index contributed by atoms with van der Waals surface area (Å²) < 4.78 is 0. The lowest BCUT2D eigenvalue weighted by Gasteiger charge is -2.16. The summed E-state index contributed by atoms with van der Waals surface area (Å²) in [4.78, 5) is 23.1. The molecule has 1 aromatic rings.